The molecule has 1 N–H and O–H groups in total. The van der Waals surface area contributed by atoms with Crippen LogP contribution in [0, 0.1) is 6.92 Å². The van der Waals surface area contributed by atoms with Crippen molar-refractivity contribution in [2.24, 2.45) is 7.05 Å². The van der Waals surface area contributed by atoms with Crippen LogP contribution in [0.1, 0.15) is 23.1 Å². The molecule has 0 aliphatic carbocycles. The summed E-state index contributed by atoms with van der Waals surface area (Å²) in [5.74, 6) is 0.501. The van der Waals surface area contributed by atoms with Crippen LogP contribution in [0.3, 0.4) is 0 Å². The van der Waals surface area contributed by atoms with Crippen molar-refractivity contribution in [2.45, 2.75) is 13.0 Å². The Morgan fingerprint density at radius 3 is 2.89 bits per heavy atom. The summed E-state index contributed by atoms with van der Waals surface area (Å²) >= 11 is 0. The van der Waals surface area contributed by atoms with Gasteiger partial charge in [0.15, 0.2) is 6.10 Å². The van der Waals surface area contributed by atoms with Crippen LogP contribution in [0.15, 0.2) is 34.9 Å². The summed E-state index contributed by atoms with van der Waals surface area (Å²) in [7, 11) is 1.73. The molecule has 0 aliphatic heterocycles. The predicted octanol–water partition coefficient (Wildman–Crippen LogP) is 1.95. The van der Waals surface area contributed by atoms with Gasteiger partial charge in [-0.05, 0) is 25.1 Å². The van der Waals surface area contributed by atoms with Gasteiger partial charge in [-0.3, -0.25) is 0 Å². The van der Waals surface area contributed by atoms with E-state index in [-0.39, 0.29) is 0 Å². The largest absolute Gasteiger partial charge is 0.458 e. The number of hydrogen-bond acceptors (Lipinski definition) is 4. The monoisotopic (exact) mass is 243 g/mol. The van der Waals surface area contributed by atoms with Gasteiger partial charge in [0.1, 0.15) is 11.3 Å². The maximum atomic E-state index is 10.2. The normalized spacial score (nSPS) is 13.1. The van der Waals surface area contributed by atoms with Crippen LogP contribution in [-0.2, 0) is 7.05 Å². The molecule has 0 aliphatic rings. The molecule has 3 aromatic rings. The van der Waals surface area contributed by atoms with Crippen molar-refractivity contribution in [3.05, 3.63) is 47.5 Å². The number of hydrogen-bond donors (Lipinski definition) is 1. The lowest BCUT2D eigenvalue weighted by atomic mass is 10.1. The third kappa shape index (κ3) is 1.69. The number of nitrogens with zero attached hydrogens (tertiary/aromatic N) is 3. The Morgan fingerprint density at radius 1 is 1.33 bits per heavy atom. The molecule has 5 nitrogen and oxygen atoms in total. The molecule has 92 valence electrons. The minimum absolute atomic E-state index is 0.501. The molecular formula is C13H13N3O2. The van der Waals surface area contributed by atoms with Gasteiger partial charge in [-0.1, -0.05) is 16.8 Å². The van der Waals surface area contributed by atoms with Crippen LogP contribution in [0.4, 0.5) is 0 Å². The Bertz CT molecular complexity index is 699. The second-order valence-electron chi connectivity index (χ2n) is 4.38. The van der Waals surface area contributed by atoms with Crippen molar-refractivity contribution in [1.82, 2.24) is 15.0 Å². The summed E-state index contributed by atoms with van der Waals surface area (Å²) in [6, 6.07) is 7.76. The molecule has 3 rings (SSSR count). The summed E-state index contributed by atoms with van der Waals surface area (Å²) in [4.78, 5) is 0. The number of fused-ring (bicyclic) bond motifs is 1. The molecule has 0 amide bonds. The first kappa shape index (κ1) is 11.0. The second kappa shape index (κ2) is 3.96. The van der Waals surface area contributed by atoms with E-state index in [0.29, 0.717) is 11.5 Å². The van der Waals surface area contributed by atoms with Crippen LogP contribution in [0.25, 0.3) is 11.0 Å². The zero-order valence-electron chi connectivity index (χ0n) is 10.2. The third-order valence-electron chi connectivity index (χ3n) is 2.99. The van der Waals surface area contributed by atoms with Crippen LogP contribution >= 0.6 is 0 Å². The number of rotatable bonds is 2. The average molecular weight is 243 g/mol. The molecule has 2 heterocycles. The van der Waals surface area contributed by atoms with Gasteiger partial charge < -0.3 is 9.52 Å². The smallest absolute Gasteiger partial charge is 0.155 e. The quantitative estimate of drug-likeness (QED) is 0.747. The van der Waals surface area contributed by atoms with Crippen molar-refractivity contribution in [2.75, 3.05) is 0 Å². The first-order valence-electron chi connectivity index (χ1n) is 5.68. The van der Waals surface area contributed by atoms with E-state index >= 15 is 0 Å². The van der Waals surface area contributed by atoms with E-state index in [2.05, 4.69) is 10.3 Å². The first-order valence-corrected chi connectivity index (χ1v) is 5.68. The van der Waals surface area contributed by atoms with E-state index in [0.717, 1.165) is 16.5 Å². The minimum Gasteiger partial charge on any atom is -0.458 e. The van der Waals surface area contributed by atoms with Gasteiger partial charge in [0.25, 0.3) is 0 Å². The maximum absolute atomic E-state index is 10.2. The third-order valence-corrected chi connectivity index (χ3v) is 2.99. The Hall–Kier alpha value is -2.14. The molecule has 0 spiro atoms. The standard InChI is InChI=1S/C13H13N3O2/c1-8-3-4-11-9(5-8)6-12(18-11)13(17)10-7-14-15-16(10)2/h3-7,13,17H,1-2H3. The zero-order chi connectivity index (χ0) is 12.7. The molecule has 0 bridgehead atoms. The lowest BCUT2D eigenvalue weighted by molar-refractivity contribution is 0.183. The van der Waals surface area contributed by atoms with E-state index in [4.69, 9.17) is 4.42 Å². The molecule has 1 aromatic carbocycles. The first-order chi connectivity index (χ1) is 8.65. The topological polar surface area (TPSA) is 64.1 Å². The molecule has 0 saturated carbocycles. The van der Waals surface area contributed by atoms with Crippen molar-refractivity contribution in [1.29, 1.82) is 0 Å². The van der Waals surface area contributed by atoms with E-state index in [1.807, 2.05) is 31.2 Å². The summed E-state index contributed by atoms with van der Waals surface area (Å²) in [6.07, 6.45) is 0.682. The SMILES string of the molecule is Cc1ccc2oc(C(O)c3cnnn3C)cc2c1. The molecule has 1 unspecified atom stereocenters. The van der Waals surface area contributed by atoms with Gasteiger partial charge >= 0.3 is 0 Å². The van der Waals surface area contributed by atoms with Gasteiger partial charge in [0.2, 0.25) is 0 Å². The van der Waals surface area contributed by atoms with Crippen LogP contribution < -0.4 is 0 Å². The number of aliphatic hydroxyl groups excluding tert-OH is 1. The molecule has 2 aromatic heterocycles. The van der Waals surface area contributed by atoms with E-state index in [1.165, 1.54) is 10.9 Å². The number of aryl methyl sites for hydroxylation is 2. The highest BCUT2D eigenvalue weighted by Gasteiger charge is 2.19. The molecule has 1 atom stereocenters. The van der Waals surface area contributed by atoms with Gasteiger partial charge in [-0.15, -0.1) is 5.10 Å². The minimum atomic E-state index is -0.849. The number of benzene rings is 1. The Kier molecular flexibility index (Phi) is 2.41. The summed E-state index contributed by atoms with van der Waals surface area (Å²) in [6.45, 7) is 2.02. The average Bonchev–Trinajstić information content (AvgIpc) is 2.93. The second-order valence-corrected chi connectivity index (χ2v) is 4.38. The van der Waals surface area contributed by atoms with Crippen LogP contribution in [0.2, 0.25) is 0 Å². The lowest BCUT2D eigenvalue weighted by Crippen LogP contribution is -2.05. The van der Waals surface area contributed by atoms with Crippen molar-refractivity contribution in [3.8, 4) is 0 Å². The van der Waals surface area contributed by atoms with Crippen LogP contribution in [0.5, 0.6) is 0 Å². The Morgan fingerprint density at radius 2 is 2.17 bits per heavy atom. The fraction of sp³-hybridized carbons (Fsp3) is 0.231. The Labute approximate surface area is 104 Å². The summed E-state index contributed by atoms with van der Waals surface area (Å²) in [5.41, 5.74) is 2.53. The van der Waals surface area contributed by atoms with E-state index in [1.54, 1.807) is 7.05 Å². The molecular weight excluding hydrogens is 230 g/mol. The fourth-order valence-electron chi connectivity index (χ4n) is 2.01. The van der Waals surface area contributed by atoms with E-state index in [9.17, 15) is 5.11 Å². The molecule has 0 saturated heterocycles. The van der Waals surface area contributed by atoms with Gasteiger partial charge in [0, 0.05) is 12.4 Å². The number of aromatic nitrogens is 3. The van der Waals surface area contributed by atoms with Crippen molar-refractivity contribution >= 4 is 11.0 Å². The highest BCUT2D eigenvalue weighted by Crippen LogP contribution is 2.28. The van der Waals surface area contributed by atoms with Gasteiger partial charge in [-0.2, -0.15) is 0 Å². The molecule has 0 radical (unpaired) electrons. The van der Waals surface area contributed by atoms with Gasteiger partial charge in [0.05, 0.1) is 11.9 Å². The highest BCUT2D eigenvalue weighted by molar-refractivity contribution is 5.78. The van der Waals surface area contributed by atoms with Gasteiger partial charge in [-0.25, -0.2) is 4.68 Å². The van der Waals surface area contributed by atoms with Crippen LogP contribution in [-0.4, -0.2) is 20.1 Å². The Balaban J connectivity index is 2.07. The molecule has 5 heteroatoms. The van der Waals surface area contributed by atoms with E-state index < -0.39 is 6.10 Å². The number of furan rings is 1. The zero-order valence-corrected chi connectivity index (χ0v) is 10.2. The summed E-state index contributed by atoms with van der Waals surface area (Å²) < 4.78 is 7.18. The molecule has 18 heavy (non-hydrogen) atoms. The number of aliphatic hydroxyl groups is 1. The maximum Gasteiger partial charge on any atom is 0.155 e. The van der Waals surface area contributed by atoms with Crippen molar-refractivity contribution < 1.29 is 9.52 Å². The fourth-order valence-corrected chi connectivity index (χ4v) is 2.01. The lowest BCUT2D eigenvalue weighted by Gasteiger charge is -2.06. The summed E-state index contributed by atoms with van der Waals surface area (Å²) in [5, 5.41) is 18.8. The highest BCUT2D eigenvalue weighted by atomic mass is 16.4. The predicted molar refractivity (Wildman–Crippen MR) is 66.0 cm³/mol. The van der Waals surface area contributed by atoms with Crippen molar-refractivity contribution in [3.63, 3.8) is 0 Å². The molecule has 0 fully saturated rings.